The lowest BCUT2D eigenvalue weighted by molar-refractivity contribution is -0.139. The van der Waals surface area contributed by atoms with E-state index in [9.17, 15) is 4.79 Å². The highest BCUT2D eigenvalue weighted by Gasteiger charge is 2.32. The Morgan fingerprint density at radius 2 is 1.96 bits per heavy atom. The predicted molar refractivity (Wildman–Crippen MR) is 103 cm³/mol. The van der Waals surface area contributed by atoms with Crippen LogP contribution >= 0.6 is 0 Å². The summed E-state index contributed by atoms with van der Waals surface area (Å²) in [7, 11) is 0. The highest BCUT2D eigenvalue weighted by molar-refractivity contribution is 5.79. The summed E-state index contributed by atoms with van der Waals surface area (Å²) in [4.78, 5) is 28.2. The third-order valence-electron chi connectivity index (χ3n) is 5.55. The van der Waals surface area contributed by atoms with E-state index in [0.717, 1.165) is 43.6 Å². The number of aryl methyl sites for hydroxylation is 1. The summed E-state index contributed by atoms with van der Waals surface area (Å²) in [5.74, 6) is 1.64. The zero-order valence-electron chi connectivity index (χ0n) is 16.2. The van der Waals surface area contributed by atoms with Gasteiger partial charge in [-0.1, -0.05) is 0 Å². The van der Waals surface area contributed by atoms with Gasteiger partial charge in [0.2, 0.25) is 11.8 Å². The number of amides is 1. The molecule has 7 nitrogen and oxygen atoms in total. The summed E-state index contributed by atoms with van der Waals surface area (Å²) in [5.41, 5.74) is 1.62. The van der Waals surface area contributed by atoms with Crippen molar-refractivity contribution in [3.63, 3.8) is 0 Å². The molecule has 1 atom stereocenters. The Hall–Kier alpha value is -2.54. The third kappa shape index (κ3) is 4.14. The SMILES string of the molecule is Cc1ncccc1Oc1nccnc1[C@@H]1CCCN(C(=O)C2CCOCC2)C1. The molecule has 2 aliphatic heterocycles. The molecule has 4 heterocycles. The molecule has 0 saturated carbocycles. The topological polar surface area (TPSA) is 77.4 Å². The Morgan fingerprint density at radius 3 is 2.79 bits per heavy atom. The smallest absolute Gasteiger partial charge is 0.241 e. The number of carbonyl (C=O) groups excluding carboxylic acids is 1. The Labute approximate surface area is 165 Å². The maximum atomic E-state index is 12.9. The van der Waals surface area contributed by atoms with Gasteiger partial charge < -0.3 is 14.4 Å². The summed E-state index contributed by atoms with van der Waals surface area (Å²) in [5, 5.41) is 0. The number of piperidine rings is 1. The Bertz CT molecular complexity index is 823. The molecule has 2 aliphatic rings. The van der Waals surface area contributed by atoms with Crippen LogP contribution in [0.4, 0.5) is 0 Å². The maximum Gasteiger partial charge on any atom is 0.241 e. The molecule has 4 rings (SSSR count). The third-order valence-corrected chi connectivity index (χ3v) is 5.55. The first-order valence-corrected chi connectivity index (χ1v) is 9.99. The number of rotatable bonds is 4. The minimum absolute atomic E-state index is 0.0862. The number of carbonyl (C=O) groups is 1. The van der Waals surface area contributed by atoms with Gasteiger partial charge in [-0.05, 0) is 44.7 Å². The van der Waals surface area contributed by atoms with Crippen molar-refractivity contribution in [3.8, 4) is 11.6 Å². The molecule has 0 radical (unpaired) electrons. The van der Waals surface area contributed by atoms with Crippen LogP contribution in [0.2, 0.25) is 0 Å². The number of likely N-dealkylation sites (tertiary alicyclic amines) is 1. The van der Waals surface area contributed by atoms with Gasteiger partial charge in [-0.25, -0.2) is 4.98 Å². The fourth-order valence-corrected chi connectivity index (χ4v) is 3.98. The number of ether oxygens (including phenoxy) is 2. The molecule has 28 heavy (non-hydrogen) atoms. The molecular weight excluding hydrogens is 356 g/mol. The molecule has 0 unspecified atom stereocenters. The number of pyridine rings is 1. The molecule has 0 spiro atoms. The summed E-state index contributed by atoms with van der Waals surface area (Å²) in [6.07, 6.45) is 8.64. The van der Waals surface area contributed by atoms with Crippen molar-refractivity contribution in [3.05, 3.63) is 42.1 Å². The van der Waals surface area contributed by atoms with E-state index < -0.39 is 0 Å². The lowest BCUT2D eigenvalue weighted by Gasteiger charge is -2.35. The normalized spacial score (nSPS) is 20.8. The highest BCUT2D eigenvalue weighted by Crippen LogP contribution is 2.34. The predicted octanol–water partition coefficient (Wildman–Crippen LogP) is 3.10. The van der Waals surface area contributed by atoms with Crippen LogP contribution in [0.1, 0.15) is 43.0 Å². The number of nitrogens with zero attached hydrogens (tertiary/aromatic N) is 4. The average Bonchev–Trinajstić information content (AvgIpc) is 2.76. The van der Waals surface area contributed by atoms with E-state index in [2.05, 4.69) is 15.0 Å². The average molecular weight is 382 g/mol. The van der Waals surface area contributed by atoms with Crippen LogP contribution in [-0.2, 0) is 9.53 Å². The van der Waals surface area contributed by atoms with Crippen LogP contribution in [0, 0.1) is 12.8 Å². The summed E-state index contributed by atoms with van der Waals surface area (Å²) >= 11 is 0. The summed E-state index contributed by atoms with van der Waals surface area (Å²) < 4.78 is 11.4. The van der Waals surface area contributed by atoms with Gasteiger partial charge in [0.1, 0.15) is 5.69 Å². The fraction of sp³-hybridized carbons (Fsp3) is 0.524. The van der Waals surface area contributed by atoms with Gasteiger partial charge in [-0.3, -0.25) is 14.8 Å². The number of hydrogen-bond acceptors (Lipinski definition) is 6. The molecular formula is C21H26N4O3. The second-order valence-corrected chi connectivity index (χ2v) is 7.45. The van der Waals surface area contributed by atoms with Crippen LogP contribution in [0.25, 0.3) is 0 Å². The van der Waals surface area contributed by atoms with Gasteiger partial charge in [0, 0.05) is 56.7 Å². The minimum Gasteiger partial charge on any atom is -0.435 e. The van der Waals surface area contributed by atoms with E-state index in [1.54, 1.807) is 18.6 Å². The van der Waals surface area contributed by atoms with Gasteiger partial charge in [0.25, 0.3) is 0 Å². The van der Waals surface area contributed by atoms with Gasteiger partial charge in [0.05, 0.1) is 5.69 Å². The van der Waals surface area contributed by atoms with E-state index in [1.807, 2.05) is 24.0 Å². The molecule has 2 saturated heterocycles. The molecule has 2 aromatic heterocycles. The lowest BCUT2D eigenvalue weighted by Crippen LogP contribution is -2.43. The first kappa shape index (κ1) is 18.8. The molecule has 0 aliphatic carbocycles. The first-order valence-electron chi connectivity index (χ1n) is 9.99. The van der Waals surface area contributed by atoms with E-state index in [4.69, 9.17) is 9.47 Å². The van der Waals surface area contributed by atoms with Crippen molar-refractivity contribution in [2.75, 3.05) is 26.3 Å². The van der Waals surface area contributed by atoms with E-state index >= 15 is 0 Å². The molecule has 1 amide bonds. The van der Waals surface area contributed by atoms with E-state index in [1.165, 1.54) is 0 Å². The van der Waals surface area contributed by atoms with Crippen molar-refractivity contribution in [1.82, 2.24) is 19.9 Å². The minimum atomic E-state index is 0.0862. The fourth-order valence-electron chi connectivity index (χ4n) is 3.98. The second kappa shape index (κ2) is 8.65. The second-order valence-electron chi connectivity index (χ2n) is 7.45. The van der Waals surface area contributed by atoms with Crippen molar-refractivity contribution < 1.29 is 14.3 Å². The Morgan fingerprint density at radius 1 is 1.14 bits per heavy atom. The zero-order chi connectivity index (χ0) is 19.3. The largest absolute Gasteiger partial charge is 0.435 e. The van der Waals surface area contributed by atoms with Crippen LogP contribution in [0.5, 0.6) is 11.6 Å². The van der Waals surface area contributed by atoms with Crippen LogP contribution in [0.3, 0.4) is 0 Å². The zero-order valence-corrected chi connectivity index (χ0v) is 16.2. The van der Waals surface area contributed by atoms with E-state index in [0.29, 0.717) is 31.4 Å². The molecule has 0 aromatic carbocycles. The van der Waals surface area contributed by atoms with Crippen LogP contribution in [0.15, 0.2) is 30.7 Å². The molecule has 2 fully saturated rings. The highest BCUT2D eigenvalue weighted by atomic mass is 16.5. The van der Waals surface area contributed by atoms with Gasteiger partial charge in [-0.15, -0.1) is 0 Å². The van der Waals surface area contributed by atoms with Crippen molar-refractivity contribution in [1.29, 1.82) is 0 Å². The lowest BCUT2D eigenvalue weighted by atomic mass is 9.92. The van der Waals surface area contributed by atoms with Crippen molar-refractivity contribution in [2.45, 2.75) is 38.5 Å². The summed E-state index contributed by atoms with van der Waals surface area (Å²) in [6, 6.07) is 3.72. The van der Waals surface area contributed by atoms with Gasteiger partial charge in [-0.2, -0.15) is 0 Å². The van der Waals surface area contributed by atoms with E-state index in [-0.39, 0.29) is 17.7 Å². The van der Waals surface area contributed by atoms with Crippen molar-refractivity contribution >= 4 is 5.91 Å². The molecule has 0 N–H and O–H groups in total. The first-order chi connectivity index (χ1) is 13.7. The van der Waals surface area contributed by atoms with Gasteiger partial charge >= 0.3 is 0 Å². The number of aromatic nitrogens is 3. The van der Waals surface area contributed by atoms with Gasteiger partial charge in [0.15, 0.2) is 5.75 Å². The van der Waals surface area contributed by atoms with Crippen LogP contribution in [-0.4, -0.2) is 52.1 Å². The molecule has 2 aromatic rings. The Kier molecular flexibility index (Phi) is 5.81. The quantitative estimate of drug-likeness (QED) is 0.809. The summed E-state index contributed by atoms with van der Waals surface area (Å²) in [6.45, 7) is 4.74. The van der Waals surface area contributed by atoms with Crippen molar-refractivity contribution in [2.24, 2.45) is 5.92 Å². The number of hydrogen-bond donors (Lipinski definition) is 0. The molecule has 0 bridgehead atoms. The maximum absolute atomic E-state index is 12.9. The van der Waals surface area contributed by atoms with Crippen LogP contribution < -0.4 is 4.74 Å². The Balaban J connectivity index is 1.51. The monoisotopic (exact) mass is 382 g/mol. The molecule has 148 valence electrons. The standard InChI is InChI=1S/C21H26N4O3/c1-15-18(5-2-8-22-15)28-20-19(23-9-10-24-20)17-4-3-11-25(14-17)21(26)16-6-12-27-13-7-16/h2,5,8-10,16-17H,3-4,6-7,11-14H2,1H3/t17-/m1/s1. The molecule has 7 heteroatoms.